The number of rotatable bonds is 3. The molecule has 3 aromatic rings. The molecule has 1 aliphatic heterocycles. The van der Waals surface area contributed by atoms with Crippen LogP contribution in [0.3, 0.4) is 0 Å². The zero-order valence-electron chi connectivity index (χ0n) is 15.1. The van der Waals surface area contributed by atoms with Gasteiger partial charge >= 0.3 is 0 Å². The summed E-state index contributed by atoms with van der Waals surface area (Å²) in [4.78, 5) is 13.2. The maximum atomic E-state index is 13.2. The number of nitrogens with one attached hydrogen (secondary N) is 1. The Balaban J connectivity index is 1.82. The number of hydrogen-bond acceptors (Lipinski definition) is 4. The molecule has 5 nitrogen and oxygen atoms in total. The first kappa shape index (κ1) is 18.1. The van der Waals surface area contributed by atoms with Crippen LogP contribution in [0.15, 0.2) is 77.9 Å². The van der Waals surface area contributed by atoms with Crippen molar-refractivity contribution in [3.8, 4) is 5.75 Å². The Hall–Kier alpha value is -3.31. The molecule has 28 heavy (non-hydrogen) atoms. The highest BCUT2D eigenvalue weighted by Crippen LogP contribution is 2.34. The number of phenolic OH excluding ortho intramolecular Hbond substituents is 1. The molecule has 0 spiro atoms. The molecule has 2 N–H and O–H groups in total. The molecule has 0 radical (unpaired) electrons. The van der Waals surface area contributed by atoms with E-state index in [-0.39, 0.29) is 11.7 Å². The van der Waals surface area contributed by atoms with E-state index in [0.29, 0.717) is 21.9 Å². The molecule has 3 aromatic carbocycles. The largest absolute Gasteiger partial charge is 0.507 e. The van der Waals surface area contributed by atoms with Gasteiger partial charge in [-0.3, -0.25) is 4.79 Å². The number of para-hydroxylation sites is 2. The van der Waals surface area contributed by atoms with Crippen LogP contribution >= 0.6 is 11.6 Å². The summed E-state index contributed by atoms with van der Waals surface area (Å²) >= 11 is 6.17. The monoisotopic (exact) mass is 391 g/mol. The van der Waals surface area contributed by atoms with Gasteiger partial charge in [-0.2, -0.15) is 5.10 Å². The number of hydrogen-bond donors (Lipinski definition) is 2. The van der Waals surface area contributed by atoms with Crippen LogP contribution in [-0.2, 0) is 0 Å². The Kier molecular flexibility index (Phi) is 4.75. The normalized spacial score (nSPS) is 16.5. The predicted octanol–water partition coefficient (Wildman–Crippen LogP) is 5.04. The summed E-state index contributed by atoms with van der Waals surface area (Å²) in [7, 11) is 0. The molecule has 4 rings (SSSR count). The third kappa shape index (κ3) is 3.32. The Bertz CT molecular complexity index is 1080. The van der Waals surface area contributed by atoms with Crippen LogP contribution in [0.4, 0.5) is 5.69 Å². The molecule has 1 heterocycles. The second-order valence-corrected chi connectivity index (χ2v) is 6.94. The number of carbonyl (C=O) groups excluding carboxylic acids is 1. The number of halogens is 1. The van der Waals surface area contributed by atoms with Gasteiger partial charge in [-0.15, -0.1) is 0 Å². The van der Waals surface area contributed by atoms with E-state index in [2.05, 4.69) is 10.4 Å². The second kappa shape index (κ2) is 7.37. The third-order valence-corrected chi connectivity index (χ3v) is 4.85. The lowest BCUT2D eigenvalue weighted by molar-refractivity contribution is 0.0689. The minimum absolute atomic E-state index is 0.112. The molecule has 140 valence electrons. The number of carbonyl (C=O) groups is 1. The topological polar surface area (TPSA) is 64.9 Å². The van der Waals surface area contributed by atoms with E-state index in [9.17, 15) is 9.90 Å². The summed E-state index contributed by atoms with van der Waals surface area (Å²) in [5.41, 5.74) is 3.18. The van der Waals surface area contributed by atoms with E-state index in [1.54, 1.807) is 43.3 Å². The van der Waals surface area contributed by atoms with Crippen molar-refractivity contribution in [1.82, 2.24) is 5.01 Å². The summed E-state index contributed by atoms with van der Waals surface area (Å²) in [6.45, 7) is 1.76. The van der Waals surface area contributed by atoms with E-state index < -0.39 is 6.17 Å². The number of fused-ring (bicyclic) bond motifs is 1. The molecule has 0 aromatic heterocycles. The first-order valence-electron chi connectivity index (χ1n) is 8.83. The van der Waals surface area contributed by atoms with Crippen molar-refractivity contribution in [3.05, 3.63) is 94.5 Å². The smallest absolute Gasteiger partial charge is 0.278 e. The van der Waals surface area contributed by atoms with Crippen LogP contribution in [0.1, 0.15) is 34.6 Å². The molecule has 0 aliphatic carbocycles. The number of aromatic hydroxyl groups is 1. The Morgan fingerprint density at radius 3 is 2.61 bits per heavy atom. The van der Waals surface area contributed by atoms with Gasteiger partial charge in [0.25, 0.3) is 5.91 Å². The lowest BCUT2D eigenvalue weighted by Gasteiger charge is -2.35. The standard InChI is InChI=1S/C22H18ClN3O2/c1-14(17-9-3-5-12-20(17)27)25-26-21(15-7-6-8-16(23)13-15)24-19-11-4-2-10-18(19)22(26)28/h2-13,21,24,27H,1H3/t21-/m0/s1. The average molecular weight is 392 g/mol. The minimum atomic E-state index is -0.526. The first-order chi connectivity index (χ1) is 13.5. The zero-order valence-corrected chi connectivity index (χ0v) is 15.9. The molecule has 0 bridgehead atoms. The maximum Gasteiger partial charge on any atom is 0.278 e. The van der Waals surface area contributed by atoms with Crippen LogP contribution < -0.4 is 5.32 Å². The highest BCUT2D eigenvalue weighted by Gasteiger charge is 2.33. The van der Waals surface area contributed by atoms with E-state index >= 15 is 0 Å². The fourth-order valence-corrected chi connectivity index (χ4v) is 3.44. The van der Waals surface area contributed by atoms with Gasteiger partial charge in [-0.25, -0.2) is 5.01 Å². The Morgan fingerprint density at radius 1 is 1.07 bits per heavy atom. The third-order valence-electron chi connectivity index (χ3n) is 4.62. The lowest BCUT2D eigenvalue weighted by atomic mass is 10.0. The van der Waals surface area contributed by atoms with Crippen molar-refractivity contribution in [2.75, 3.05) is 5.32 Å². The molecule has 1 amide bonds. The molecule has 0 fully saturated rings. The first-order valence-corrected chi connectivity index (χ1v) is 9.20. The SMILES string of the molecule is CC(=NN1C(=O)c2ccccc2N[C@@H]1c1cccc(Cl)c1)c1ccccc1O. The van der Waals surface area contributed by atoms with Gasteiger partial charge in [0.15, 0.2) is 6.17 Å². The van der Waals surface area contributed by atoms with Crippen molar-refractivity contribution in [2.24, 2.45) is 5.10 Å². The fourth-order valence-electron chi connectivity index (χ4n) is 3.24. The molecule has 6 heteroatoms. The average Bonchev–Trinajstić information content (AvgIpc) is 2.70. The van der Waals surface area contributed by atoms with E-state index in [1.165, 1.54) is 5.01 Å². The van der Waals surface area contributed by atoms with Crippen molar-refractivity contribution >= 4 is 28.9 Å². The molecule has 1 aliphatic rings. The number of phenols is 1. The summed E-state index contributed by atoms with van der Waals surface area (Å²) in [6, 6.07) is 21.5. The van der Waals surface area contributed by atoms with Crippen LogP contribution in [0.2, 0.25) is 5.02 Å². The Morgan fingerprint density at radius 2 is 1.82 bits per heavy atom. The van der Waals surface area contributed by atoms with Gasteiger partial charge in [-0.05, 0) is 48.9 Å². The fraction of sp³-hybridized carbons (Fsp3) is 0.0909. The number of anilines is 1. The summed E-state index contributed by atoms with van der Waals surface area (Å²) in [5, 5.41) is 20.0. The second-order valence-electron chi connectivity index (χ2n) is 6.50. The van der Waals surface area contributed by atoms with Crippen LogP contribution in [0.5, 0.6) is 5.75 Å². The van der Waals surface area contributed by atoms with E-state index in [1.807, 2.05) is 36.4 Å². The number of nitrogens with zero attached hydrogens (tertiary/aromatic N) is 2. The van der Waals surface area contributed by atoms with Crippen molar-refractivity contribution in [1.29, 1.82) is 0 Å². The number of hydrazone groups is 1. The van der Waals surface area contributed by atoms with Crippen molar-refractivity contribution in [2.45, 2.75) is 13.1 Å². The molecule has 0 saturated carbocycles. The molecule has 0 unspecified atom stereocenters. The molecular weight excluding hydrogens is 374 g/mol. The van der Waals surface area contributed by atoms with Crippen LogP contribution in [0, 0.1) is 0 Å². The van der Waals surface area contributed by atoms with Gasteiger partial charge in [0.05, 0.1) is 11.3 Å². The molecule has 1 atom stereocenters. The maximum absolute atomic E-state index is 13.2. The Labute approximate surface area is 167 Å². The molecule has 0 saturated heterocycles. The highest BCUT2D eigenvalue weighted by molar-refractivity contribution is 6.30. The van der Waals surface area contributed by atoms with Gasteiger partial charge in [0.2, 0.25) is 0 Å². The van der Waals surface area contributed by atoms with E-state index in [0.717, 1.165) is 11.3 Å². The number of benzene rings is 3. The van der Waals surface area contributed by atoms with Gasteiger partial charge < -0.3 is 10.4 Å². The van der Waals surface area contributed by atoms with Gasteiger partial charge in [0.1, 0.15) is 5.75 Å². The predicted molar refractivity (Wildman–Crippen MR) is 111 cm³/mol. The van der Waals surface area contributed by atoms with Crippen molar-refractivity contribution < 1.29 is 9.90 Å². The van der Waals surface area contributed by atoms with Gasteiger partial charge in [-0.1, -0.05) is 48.0 Å². The molecular formula is C22H18ClN3O2. The summed E-state index contributed by atoms with van der Waals surface area (Å²) in [5.74, 6) is -0.116. The van der Waals surface area contributed by atoms with Crippen LogP contribution in [0.25, 0.3) is 0 Å². The zero-order chi connectivity index (χ0) is 19.7. The van der Waals surface area contributed by atoms with Gasteiger partial charge in [0, 0.05) is 16.3 Å². The summed E-state index contributed by atoms with van der Waals surface area (Å²) in [6.07, 6.45) is -0.526. The van der Waals surface area contributed by atoms with Crippen molar-refractivity contribution in [3.63, 3.8) is 0 Å². The lowest BCUT2D eigenvalue weighted by Crippen LogP contribution is -2.40. The quantitative estimate of drug-likeness (QED) is 0.615. The summed E-state index contributed by atoms with van der Waals surface area (Å²) < 4.78 is 0. The van der Waals surface area contributed by atoms with E-state index in [4.69, 9.17) is 11.6 Å². The highest BCUT2D eigenvalue weighted by atomic mass is 35.5. The minimum Gasteiger partial charge on any atom is -0.507 e. The van der Waals surface area contributed by atoms with Crippen LogP contribution in [-0.4, -0.2) is 21.7 Å². The number of amides is 1.